The highest BCUT2D eigenvalue weighted by Gasteiger charge is 2.16. The number of benzene rings is 2. The van der Waals surface area contributed by atoms with Gasteiger partial charge in [0.1, 0.15) is 17.1 Å². The minimum atomic E-state index is -0.544. The third-order valence-electron chi connectivity index (χ3n) is 2.60. The van der Waals surface area contributed by atoms with E-state index in [1.165, 1.54) is 30.0 Å². The third-order valence-corrected chi connectivity index (χ3v) is 3.40. The number of para-hydroxylation sites is 1. The van der Waals surface area contributed by atoms with Crippen molar-refractivity contribution in [1.82, 2.24) is 0 Å². The first-order valence-electron chi connectivity index (χ1n) is 5.59. The molecular formula is C14H13NO3S. The second-order valence-electron chi connectivity index (χ2n) is 3.83. The molecule has 0 aliphatic rings. The molecule has 3 N–H and O–H groups in total. The Hall–Kier alpha value is -2.14. The van der Waals surface area contributed by atoms with Crippen molar-refractivity contribution < 1.29 is 15.0 Å². The van der Waals surface area contributed by atoms with Gasteiger partial charge in [-0.15, -0.1) is 11.8 Å². The Morgan fingerprint density at radius 2 is 1.68 bits per heavy atom. The minimum absolute atomic E-state index is 0.126. The summed E-state index contributed by atoms with van der Waals surface area (Å²) in [6.45, 7) is 0. The molecule has 0 saturated carbocycles. The first-order chi connectivity index (χ1) is 9.13. The average molecular weight is 275 g/mol. The molecule has 0 bridgehead atoms. The molecule has 4 nitrogen and oxygen atoms in total. The summed E-state index contributed by atoms with van der Waals surface area (Å²) < 4.78 is 0. The lowest BCUT2D eigenvalue weighted by Crippen LogP contribution is -2.12. The number of aromatic hydroxyl groups is 2. The zero-order valence-corrected chi connectivity index (χ0v) is 11.1. The second kappa shape index (κ2) is 5.67. The molecule has 0 spiro atoms. The van der Waals surface area contributed by atoms with E-state index in [0.717, 1.165) is 4.90 Å². The molecule has 0 aliphatic carbocycles. The van der Waals surface area contributed by atoms with Crippen LogP contribution in [0.3, 0.4) is 0 Å². The third kappa shape index (κ3) is 2.82. The van der Waals surface area contributed by atoms with Crippen LogP contribution in [0.1, 0.15) is 10.4 Å². The van der Waals surface area contributed by atoms with Crippen LogP contribution in [0.25, 0.3) is 0 Å². The zero-order valence-electron chi connectivity index (χ0n) is 10.3. The van der Waals surface area contributed by atoms with Gasteiger partial charge in [0.25, 0.3) is 5.91 Å². The van der Waals surface area contributed by atoms with Crippen LogP contribution in [0.2, 0.25) is 0 Å². The second-order valence-corrected chi connectivity index (χ2v) is 4.67. The van der Waals surface area contributed by atoms with Gasteiger partial charge >= 0.3 is 0 Å². The molecule has 1 amide bonds. The fourth-order valence-electron chi connectivity index (χ4n) is 1.69. The Balaban J connectivity index is 2.31. The van der Waals surface area contributed by atoms with Crippen molar-refractivity contribution in [1.29, 1.82) is 0 Å². The molecule has 98 valence electrons. The molecule has 2 aromatic rings. The summed E-state index contributed by atoms with van der Waals surface area (Å²) in [4.78, 5) is 13.0. The van der Waals surface area contributed by atoms with Crippen molar-refractivity contribution >= 4 is 23.4 Å². The van der Waals surface area contributed by atoms with E-state index in [-0.39, 0.29) is 17.1 Å². The molecule has 0 saturated heterocycles. The molecule has 5 heteroatoms. The van der Waals surface area contributed by atoms with Crippen LogP contribution in [-0.4, -0.2) is 22.4 Å². The van der Waals surface area contributed by atoms with E-state index < -0.39 is 5.91 Å². The number of amides is 1. The van der Waals surface area contributed by atoms with E-state index in [4.69, 9.17) is 0 Å². The maximum Gasteiger partial charge on any atom is 0.263 e. The molecule has 0 aliphatic heterocycles. The molecule has 2 rings (SSSR count). The largest absolute Gasteiger partial charge is 0.507 e. The van der Waals surface area contributed by atoms with Crippen molar-refractivity contribution in [3.63, 3.8) is 0 Å². The Morgan fingerprint density at radius 1 is 1.05 bits per heavy atom. The van der Waals surface area contributed by atoms with Crippen LogP contribution in [0.5, 0.6) is 11.5 Å². The van der Waals surface area contributed by atoms with Gasteiger partial charge in [-0.25, -0.2) is 0 Å². The predicted octanol–water partition coefficient (Wildman–Crippen LogP) is 3.07. The number of carbonyl (C=O) groups is 1. The summed E-state index contributed by atoms with van der Waals surface area (Å²) in [6.07, 6.45) is 1.91. The Morgan fingerprint density at radius 3 is 2.32 bits per heavy atom. The quantitative estimate of drug-likeness (QED) is 0.753. The van der Waals surface area contributed by atoms with Crippen molar-refractivity contribution in [2.24, 2.45) is 0 Å². The lowest BCUT2D eigenvalue weighted by molar-refractivity contribution is 0.102. The van der Waals surface area contributed by atoms with E-state index in [1.54, 1.807) is 12.1 Å². The van der Waals surface area contributed by atoms with Crippen molar-refractivity contribution in [3.05, 3.63) is 48.0 Å². The van der Waals surface area contributed by atoms with Crippen LogP contribution >= 0.6 is 11.8 Å². The standard InChI is InChI=1S/C14H13NO3S/c1-19-12-8-3-2-5-9(12)15-14(18)13-10(16)6-4-7-11(13)17/h2-8,16-17H,1H3,(H,15,18). The highest BCUT2D eigenvalue weighted by atomic mass is 32.2. The molecule has 0 heterocycles. The summed E-state index contributed by atoms with van der Waals surface area (Å²) in [5.74, 6) is -1.05. The first kappa shape index (κ1) is 13.3. The van der Waals surface area contributed by atoms with Gasteiger partial charge in [0.15, 0.2) is 0 Å². The minimum Gasteiger partial charge on any atom is -0.507 e. The Labute approximate surface area is 115 Å². The number of hydrogen-bond acceptors (Lipinski definition) is 4. The van der Waals surface area contributed by atoms with Gasteiger partial charge in [0.05, 0.1) is 5.69 Å². The van der Waals surface area contributed by atoms with Crippen molar-refractivity contribution in [2.45, 2.75) is 4.90 Å². The highest BCUT2D eigenvalue weighted by molar-refractivity contribution is 7.98. The molecule has 0 atom stereocenters. The topological polar surface area (TPSA) is 69.6 Å². The number of phenols is 2. The predicted molar refractivity (Wildman–Crippen MR) is 75.9 cm³/mol. The number of thioether (sulfide) groups is 1. The van der Waals surface area contributed by atoms with Gasteiger partial charge in [-0.05, 0) is 30.5 Å². The maximum atomic E-state index is 12.1. The van der Waals surface area contributed by atoms with E-state index in [1.807, 2.05) is 18.4 Å². The number of hydrogen-bond donors (Lipinski definition) is 3. The van der Waals surface area contributed by atoms with E-state index in [9.17, 15) is 15.0 Å². The summed E-state index contributed by atoms with van der Waals surface area (Å²) in [7, 11) is 0. The number of carbonyl (C=O) groups excluding carboxylic acids is 1. The van der Waals surface area contributed by atoms with Gasteiger partial charge in [0.2, 0.25) is 0 Å². The number of nitrogens with one attached hydrogen (secondary N) is 1. The molecule has 19 heavy (non-hydrogen) atoms. The lowest BCUT2D eigenvalue weighted by atomic mass is 10.1. The van der Waals surface area contributed by atoms with Crippen LogP contribution in [0.4, 0.5) is 5.69 Å². The maximum absolute atomic E-state index is 12.1. The first-order valence-corrected chi connectivity index (χ1v) is 6.81. The average Bonchev–Trinajstić information content (AvgIpc) is 2.39. The molecule has 0 unspecified atom stereocenters. The Kier molecular flexibility index (Phi) is 3.97. The van der Waals surface area contributed by atoms with Gasteiger partial charge < -0.3 is 15.5 Å². The fraction of sp³-hybridized carbons (Fsp3) is 0.0714. The summed E-state index contributed by atoms with van der Waals surface area (Å²) in [5.41, 5.74) is 0.515. The highest BCUT2D eigenvalue weighted by Crippen LogP contribution is 2.29. The molecule has 2 aromatic carbocycles. The normalized spacial score (nSPS) is 10.2. The zero-order chi connectivity index (χ0) is 13.8. The van der Waals surface area contributed by atoms with Gasteiger partial charge in [0, 0.05) is 4.90 Å². The molecule has 0 fully saturated rings. The van der Waals surface area contributed by atoms with Crippen LogP contribution in [0, 0.1) is 0 Å². The lowest BCUT2D eigenvalue weighted by Gasteiger charge is -2.11. The van der Waals surface area contributed by atoms with E-state index in [2.05, 4.69) is 5.32 Å². The summed E-state index contributed by atoms with van der Waals surface area (Å²) >= 11 is 1.50. The van der Waals surface area contributed by atoms with Crippen LogP contribution in [0.15, 0.2) is 47.4 Å². The van der Waals surface area contributed by atoms with Gasteiger partial charge in [-0.3, -0.25) is 4.79 Å². The fourth-order valence-corrected chi connectivity index (χ4v) is 2.25. The number of anilines is 1. The molecular weight excluding hydrogens is 262 g/mol. The van der Waals surface area contributed by atoms with Crippen LogP contribution < -0.4 is 5.32 Å². The summed E-state index contributed by atoms with van der Waals surface area (Å²) in [5, 5.41) is 22.0. The number of rotatable bonds is 3. The van der Waals surface area contributed by atoms with Gasteiger partial charge in [-0.2, -0.15) is 0 Å². The monoisotopic (exact) mass is 275 g/mol. The summed E-state index contributed by atoms with van der Waals surface area (Å²) in [6, 6.07) is 11.5. The van der Waals surface area contributed by atoms with Crippen LogP contribution in [-0.2, 0) is 0 Å². The van der Waals surface area contributed by atoms with Gasteiger partial charge in [-0.1, -0.05) is 18.2 Å². The smallest absolute Gasteiger partial charge is 0.263 e. The van der Waals surface area contributed by atoms with E-state index >= 15 is 0 Å². The molecule has 0 aromatic heterocycles. The molecule has 0 radical (unpaired) electrons. The SMILES string of the molecule is CSc1ccccc1NC(=O)c1c(O)cccc1O. The number of phenolic OH excluding ortho intramolecular Hbond substituents is 2. The Bertz CT molecular complexity index is 593. The van der Waals surface area contributed by atoms with E-state index in [0.29, 0.717) is 5.69 Å². The van der Waals surface area contributed by atoms with Crippen molar-refractivity contribution in [3.8, 4) is 11.5 Å². The van der Waals surface area contributed by atoms with Crippen molar-refractivity contribution in [2.75, 3.05) is 11.6 Å².